The second kappa shape index (κ2) is 7.59. The maximum atomic E-state index is 6.04. The Morgan fingerprint density at radius 2 is 1.88 bits per heavy atom. The molecule has 0 aliphatic carbocycles. The number of thioether (sulfide) groups is 1. The van der Waals surface area contributed by atoms with E-state index in [4.69, 9.17) is 23.2 Å². The lowest BCUT2D eigenvalue weighted by Crippen LogP contribution is -2.02. The lowest BCUT2D eigenvalue weighted by Gasteiger charge is -2.08. The molecule has 0 spiro atoms. The summed E-state index contributed by atoms with van der Waals surface area (Å²) in [6, 6.07) is 9.53. The second-order valence-corrected chi connectivity index (χ2v) is 7.10. The molecule has 0 radical (unpaired) electrons. The van der Waals surface area contributed by atoms with Crippen LogP contribution in [0.25, 0.3) is 11.4 Å². The van der Waals surface area contributed by atoms with Crippen molar-refractivity contribution in [1.29, 1.82) is 0 Å². The van der Waals surface area contributed by atoms with Crippen LogP contribution in [0, 0.1) is 0 Å². The molecule has 1 aromatic carbocycles. The summed E-state index contributed by atoms with van der Waals surface area (Å²) < 4.78 is 3.80. The fraction of sp³-hybridized carbons (Fsp3) is 0.312. The Morgan fingerprint density at radius 1 is 1.12 bits per heavy atom. The molecule has 0 atom stereocenters. The largest absolute Gasteiger partial charge is 0.302 e. The molecule has 0 fully saturated rings. The predicted octanol–water partition coefficient (Wildman–Crippen LogP) is 4.69. The van der Waals surface area contributed by atoms with Gasteiger partial charge >= 0.3 is 0 Å². The van der Waals surface area contributed by atoms with E-state index in [0.29, 0.717) is 15.9 Å². The van der Waals surface area contributed by atoms with Crippen LogP contribution in [-0.4, -0.2) is 24.5 Å². The molecular weight excluding hydrogens is 365 g/mol. The number of benzene rings is 1. The minimum absolute atomic E-state index is 0.627. The maximum Gasteiger partial charge on any atom is 0.191 e. The molecule has 0 saturated carbocycles. The van der Waals surface area contributed by atoms with Crippen molar-refractivity contribution in [3.05, 3.63) is 46.2 Å². The van der Waals surface area contributed by atoms with Gasteiger partial charge in [0.1, 0.15) is 5.15 Å². The van der Waals surface area contributed by atoms with Crippen molar-refractivity contribution in [3.8, 4) is 11.4 Å². The number of hydrogen-bond donors (Lipinski definition) is 0. The highest BCUT2D eigenvalue weighted by atomic mass is 35.5. The van der Waals surface area contributed by atoms with Gasteiger partial charge in [-0.05, 0) is 36.8 Å². The summed E-state index contributed by atoms with van der Waals surface area (Å²) in [6.07, 6.45) is 1.00. The quantitative estimate of drug-likeness (QED) is 0.581. The van der Waals surface area contributed by atoms with Gasteiger partial charge in [-0.1, -0.05) is 41.9 Å². The fourth-order valence-electron chi connectivity index (χ4n) is 2.34. The van der Waals surface area contributed by atoms with Crippen LogP contribution in [0.3, 0.4) is 0 Å². The summed E-state index contributed by atoms with van der Waals surface area (Å²) in [6.45, 7) is 2.99. The zero-order valence-electron chi connectivity index (χ0n) is 13.4. The van der Waals surface area contributed by atoms with E-state index < -0.39 is 0 Å². The molecule has 3 aromatic rings. The van der Waals surface area contributed by atoms with E-state index in [1.165, 1.54) is 0 Å². The van der Waals surface area contributed by atoms with Crippen molar-refractivity contribution < 1.29 is 0 Å². The first kappa shape index (κ1) is 17.3. The van der Waals surface area contributed by atoms with Crippen molar-refractivity contribution in [3.63, 3.8) is 0 Å². The molecule has 0 aliphatic heterocycles. The third-order valence-corrected chi connectivity index (χ3v) is 5.09. The van der Waals surface area contributed by atoms with Gasteiger partial charge in [0, 0.05) is 29.9 Å². The SMILES string of the molecule is CCCn1c(SCc2cc(Cl)n(C)n2)nnc1-c1ccc(Cl)cc1. The molecule has 8 heteroatoms. The normalized spacial score (nSPS) is 11.2. The number of hydrogen-bond acceptors (Lipinski definition) is 4. The van der Waals surface area contributed by atoms with Crippen LogP contribution in [0.2, 0.25) is 10.2 Å². The molecule has 0 aliphatic rings. The van der Waals surface area contributed by atoms with E-state index in [9.17, 15) is 0 Å². The minimum atomic E-state index is 0.627. The third-order valence-electron chi connectivity index (χ3n) is 3.49. The van der Waals surface area contributed by atoms with Gasteiger partial charge in [-0.15, -0.1) is 10.2 Å². The van der Waals surface area contributed by atoms with Crippen LogP contribution in [0.5, 0.6) is 0 Å². The molecular formula is C16H17Cl2N5S. The van der Waals surface area contributed by atoms with E-state index in [1.807, 2.05) is 37.4 Å². The molecule has 5 nitrogen and oxygen atoms in total. The number of aryl methyl sites for hydroxylation is 1. The molecule has 126 valence electrons. The van der Waals surface area contributed by atoms with Crippen molar-refractivity contribution in [2.75, 3.05) is 0 Å². The average molecular weight is 382 g/mol. The molecule has 0 unspecified atom stereocenters. The number of rotatable bonds is 6. The molecule has 2 aromatic heterocycles. The van der Waals surface area contributed by atoms with Gasteiger partial charge in [0.25, 0.3) is 0 Å². The fourth-order valence-corrected chi connectivity index (χ4v) is 3.48. The second-order valence-electron chi connectivity index (χ2n) is 5.34. The highest BCUT2D eigenvalue weighted by molar-refractivity contribution is 7.98. The standard InChI is InChI=1S/C16H17Cl2N5S/c1-3-8-23-15(11-4-6-12(17)7-5-11)19-20-16(23)24-10-13-9-14(18)22(2)21-13/h4-7,9H,3,8,10H2,1-2H3. The van der Waals surface area contributed by atoms with E-state index in [2.05, 4.69) is 26.8 Å². The van der Waals surface area contributed by atoms with Crippen LogP contribution in [-0.2, 0) is 19.3 Å². The van der Waals surface area contributed by atoms with Gasteiger partial charge in [0.05, 0.1) is 5.69 Å². The minimum Gasteiger partial charge on any atom is -0.302 e. The lowest BCUT2D eigenvalue weighted by atomic mass is 10.2. The summed E-state index contributed by atoms with van der Waals surface area (Å²) in [5.74, 6) is 1.55. The Hall–Kier alpha value is -1.50. The highest BCUT2D eigenvalue weighted by Crippen LogP contribution is 2.27. The van der Waals surface area contributed by atoms with Gasteiger partial charge in [0.2, 0.25) is 0 Å². The first-order valence-electron chi connectivity index (χ1n) is 7.59. The number of aromatic nitrogens is 5. The zero-order chi connectivity index (χ0) is 17.1. The zero-order valence-corrected chi connectivity index (χ0v) is 15.7. The van der Waals surface area contributed by atoms with Crippen molar-refractivity contribution in [1.82, 2.24) is 24.5 Å². The van der Waals surface area contributed by atoms with E-state index >= 15 is 0 Å². The molecule has 24 heavy (non-hydrogen) atoms. The van der Waals surface area contributed by atoms with Crippen LogP contribution < -0.4 is 0 Å². The smallest absolute Gasteiger partial charge is 0.191 e. The van der Waals surface area contributed by atoms with Gasteiger partial charge in [-0.25, -0.2) is 0 Å². The van der Waals surface area contributed by atoms with Gasteiger partial charge in [0.15, 0.2) is 11.0 Å². The Morgan fingerprint density at radius 3 is 2.50 bits per heavy atom. The average Bonchev–Trinajstić information content (AvgIpc) is 3.10. The van der Waals surface area contributed by atoms with Gasteiger partial charge in [-0.2, -0.15) is 5.10 Å². The summed E-state index contributed by atoms with van der Waals surface area (Å²) >= 11 is 13.6. The first-order valence-corrected chi connectivity index (χ1v) is 9.33. The summed E-state index contributed by atoms with van der Waals surface area (Å²) in [4.78, 5) is 0. The topological polar surface area (TPSA) is 48.5 Å². The molecule has 0 amide bonds. The predicted molar refractivity (Wildman–Crippen MR) is 98.5 cm³/mol. The van der Waals surface area contributed by atoms with Crippen molar-refractivity contribution >= 4 is 35.0 Å². The Bertz CT molecular complexity index is 806. The summed E-state index contributed by atoms with van der Waals surface area (Å²) in [5, 5.41) is 15.3. The van der Waals surface area contributed by atoms with Gasteiger partial charge < -0.3 is 4.57 Å². The Balaban J connectivity index is 1.84. The van der Waals surface area contributed by atoms with Crippen LogP contribution in [0.15, 0.2) is 35.5 Å². The number of halogens is 2. The van der Waals surface area contributed by atoms with Crippen LogP contribution >= 0.6 is 35.0 Å². The van der Waals surface area contributed by atoms with E-state index in [0.717, 1.165) is 35.2 Å². The summed E-state index contributed by atoms with van der Waals surface area (Å²) in [5.41, 5.74) is 1.93. The van der Waals surface area contributed by atoms with E-state index in [-0.39, 0.29) is 0 Å². The molecule has 0 saturated heterocycles. The third kappa shape index (κ3) is 3.77. The van der Waals surface area contributed by atoms with Crippen molar-refractivity contribution in [2.45, 2.75) is 30.8 Å². The number of nitrogens with zero attached hydrogens (tertiary/aromatic N) is 5. The molecule has 0 bridgehead atoms. The molecule has 0 N–H and O–H groups in total. The summed E-state index contributed by atoms with van der Waals surface area (Å²) in [7, 11) is 1.83. The van der Waals surface area contributed by atoms with Crippen LogP contribution in [0.1, 0.15) is 19.0 Å². The lowest BCUT2D eigenvalue weighted by molar-refractivity contribution is 0.626. The maximum absolute atomic E-state index is 6.04. The Labute approximate surface area is 155 Å². The molecule has 3 rings (SSSR count). The Kier molecular flexibility index (Phi) is 5.48. The monoisotopic (exact) mass is 381 g/mol. The van der Waals surface area contributed by atoms with Gasteiger partial charge in [-0.3, -0.25) is 4.68 Å². The highest BCUT2D eigenvalue weighted by Gasteiger charge is 2.14. The first-order chi connectivity index (χ1) is 11.6. The van der Waals surface area contributed by atoms with E-state index in [1.54, 1.807) is 16.4 Å². The van der Waals surface area contributed by atoms with Crippen molar-refractivity contribution in [2.24, 2.45) is 7.05 Å². The van der Waals surface area contributed by atoms with Crippen LogP contribution in [0.4, 0.5) is 0 Å². The molecule has 2 heterocycles.